The van der Waals surface area contributed by atoms with Crippen LogP contribution in [0.15, 0.2) is 0 Å². The molecule has 0 radical (unpaired) electrons. The topological polar surface area (TPSA) is 46.2 Å². The maximum Gasteiger partial charge on any atom is 0.0587 e. The van der Waals surface area contributed by atoms with Crippen molar-refractivity contribution < 1.29 is 5.11 Å². The summed E-state index contributed by atoms with van der Waals surface area (Å²) in [5, 5.41) is 8.96. The van der Waals surface area contributed by atoms with Gasteiger partial charge in [0.15, 0.2) is 0 Å². The van der Waals surface area contributed by atoms with Crippen LogP contribution in [0.5, 0.6) is 0 Å². The van der Waals surface area contributed by atoms with Gasteiger partial charge in [0.05, 0.1) is 6.61 Å². The van der Waals surface area contributed by atoms with Crippen molar-refractivity contribution in [3.05, 3.63) is 0 Å². The van der Waals surface area contributed by atoms with Crippen LogP contribution in [0.25, 0.3) is 0 Å². The molecular weight excluding hydrogens is 150 g/mol. The molecule has 3 fully saturated rings. The fourth-order valence-electron chi connectivity index (χ4n) is 3.15. The van der Waals surface area contributed by atoms with E-state index < -0.39 is 0 Å². The summed E-state index contributed by atoms with van der Waals surface area (Å²) in [6.45, 7) is 4.76. The van der Waals surface area contributed by atoms with Gasteiger partial charge in [0.2, 0.25) is 0 Å². The third-order valence-electron chi connectivity index (χ3n) is 4.32. The van der Waals surface area contributed by atoms with E-state index in [0.29, 0.717) is 10.8 Å². The molecule has 2 nitrogen and oxygen atoms in total. The molecule has 0 amide bonds. The Labute approximate surface area is 74.1 Å². The lowest BCUT2D eigenvalue weighted by molar-refractivity contribution is -0.244. The minimum atomic E-state index is 0.0399. The van der Waals surface area contributed by atoms with E-state index in [9.17, 15) is 0 Å². The van der Waals surface area contributed by atoms with Crippen LogP contribution in [0.1, 0.15) is 33.1 Å². The van der Waals surface area contributed by atoms with Crippen molar-refractivity contribution in [2.75, 3.05) is 6.61 Å². The summed E-state index contributed by atoms with van der Waals surface area (Å²) < 4.78 is 0. The molecule has 0 aliphatic heterocycles. The molecule has 0 aromatic heterocycles. The molecule has 0 aromatic rings. The fraction of sp³-hybridized carbons (Fsp3) is 1.00. The lowest BCUT2D eigenvalue weighted by atomic mass is 9.31. The summed E-state index contributed by atoms with van der Waals surface area (Å²) >= 11 is 0. The number of nitrogens with two attached hydrogens (primary N) is 1. The molecule has 2 heteroatoms. The first kappa shape index (κ1) is 8.52. The van der Waals surface area contributed by atoms with Crippen molar-refractivity contribution in [3.8, 4) is 0 Å². The average Bonchev–Trinajstić information content (AvgIpc) is 1.80. The highest BCUT2D eigenvalue weighted by Crippen LogP contribution is 2.76. The molecule has 0 heterocycles. The monoisotopic (exact) mass is 169 g/mol. The Balaban J connectivity index is 1.95. The standard InChI is InChI=1S/C10H19NO/c1-7(2)9-4-10(5-9,6-9)8(11)3-12/h7-8,12H,3-6,11H2,1-2H3/t8-,9?,10?/m1/s1. The molecule has 0 aromatic carbocycles. The zero-order valence-electron chi connectivity index (χ0n) is 8.01. The summed E-state index contributed by atoms with van der Waals surface area (Å²) in [5.74, 6) is 0.797. The number of hydrogen-bond acceptors (Lipinski definition) is 2. The van der Waals surface area contributed by atoms with E-state index in [-0.39, 0.29) is 12.6 Å². The van der Waals surface area contributed by atoms with Gasteiger partial charge in [-0.2, -0.15) is 0 Å². The molecule has 0 unspecified atom stereocenters. The van der Waals surface area contributed by atoms with Gasteiger partial charge in [-0.1, -0.05) is 13.8 Å². The Morgan fingerprint density at radius 1 is 1.25 bits per heavy atom. The van der Waals surface area contributed by atoms with Gasteiger partial charge in [0.1, 0.15) is 0 Å². The first-order chi connectivity index (χ1) is 5.55. The van der Waals surface area contributed by atoms with E-state index in [4.69, 9.17) is 10.8 Å². The third kappa shape index (κ3) is 0.775. The van der Waals surface area contributed by atoms with E-state index >= 15 is 0 Å². The number of aliphatic hydroxyl groups is 1. The second-order valence-corrected chi connectivity index (χ2v) is 5.20. The lowest BCUT2D eigenvalue weighted by Gasteiger charge is -2.74. The largest absolute Gasteiger partial charge is 0.395 e. The van der Waals surface area contributed by atoms with Crippen LogP contribution in [-0.2, 0) is 0 Å². The van der Waals surface area contributed by atoms with E-state index in [1.807, 2.05) is 0 Å². The van der Waals surface area contributed by atoms with Crippen LogP contribution in [0, 0.1) is 16.7 Å². The van der Waals surface area contributed by atoms with Gasteiger partial charge in [0.25, 0.3) is 0 Å². The van der Waals surface area contributed by atoms with Gasteiger partial charge in [-0.3, -0.25) is 0 Å². The Kier molecular flexibility index (Phi) is 1.59. The summed E-state index contributed by atoms with van der Waals surface area (Å²) in [4.78, 5) is 0. The van der Waals surface area contributed by atoms with Crippen LogP contribution in [-0.4, -0.2) is 17.8 Å². The Hall–Kier alpha value is -0.0800. The van der Waals surface area contributed by atoms with Gasteiger partial charge < -0.3 is 10.8 Å². The fourth-order valence-corrected chi connectivity index (χ4v) is 3.15. The van der Waals surface area contributed by atoms with Crippen LogP contribution >= 0.6 is 0 Å². The zero-order chi connectivity index (χ0) is 8.98. The minimum absolute atomic E-state index is 0.0399. The van der Waals surface area contributed by atoms with Gasteiger partial charge in [-0.05, 0) is 36.0 Å². The van der Waals surface area contributed by atoms with Crippen molar-refractivity contribution in [3.63, 3.8) is 0 Å². The molecule has 3 saturated carbocycles. The van der Waals surface area contributed by atoms with Crippen molar-refractivity contribution in [2.45, 2.75) is 39.2 Å². The first-order valence-electron chi connectivity index (χ1n) is 4.91. The van der Waals surface area contributed by atoms with Crippen LogP contribution in [0.4, 0.5) is 0 Å². The van der Waals surface area contributed by atoms with Crippen LogP contribution < -0.4 is 5.73 Å². The van der Waals surface area contributed by atoms with E-state index in [2.05, 4.69) is 13.8 Å². The SMILES string of the molecule is CC(C)C12CC([C@H](N)CO)(C1)C2. The summed E-state index contributed by atoms with van der Waals surface area (Å²) in [7, 11) is 0. The Bertz CT molecular complexity index is 180. The quantitative estimate of drug-likeness (QED) is 0.665. The predicted molar refractivity (Wildman–Crippen MR) is 48.6 cm³/mol. The highest BCUT2D eigenvalue weighted by molar-refractivity contribution is 5.21. The molecule has 3 rings (SSSR count). The molecule has 3 N–H and O–H groups in total. The van der Waals surface area contributed by atoms with Gasteiger partial charge in [0, 0.05) is 6.04 Å². The lowest BCUT2D eigenvalue weighted by Crippen LogP contribution is -2.71. The number of rotatable bonds is 3. The van der Waals surface area contributed by atoms with Gasteiger partial charge in [-0.25, -0.2) is 0 Å². The number of hydrogen-bond donors (Lipinski definition) is 2. The predicted octanol–water partition coefficient (Wildman–Crippen LogP) is 1.13. The van der Waals surface area contributed by atoms with Crippen molar-refractivity contribution in [2.24, 2.45) is 22.5 Å². The van der Waals surface area contributed by atoms with Crippen LogP contribution in [0.2, 0.25) is 0 Å². The Morgan fingerprint density at radius 3 is 2.08 bits per heavy atom. The normalized spacial score (nSPS) is 46.8. The average molecular weight is 169 g/mol. The van der Waals surface area contributed by atoms with Crippen molar-refractivity contribution in [1.29, 1.82) is 0 Å². The molecule has 1 atom stereocenters. The molecule has 3 aliphatic rings. The molecule has 12 heavy (non-hydrogen) atoms. The molecule has 0 saturated heterocycles. The highest BCUT2D eigenvalue weighted by Gasteiger charge is 2.70. The molecular formula is C10H19NO. The molecule has 0 spiro atoms. The van der Waals surface area contributed by atoms with Crippen molar-refractivity contribution in [1.82, 2.24) is 0 Å². The van der Waals surface area contributed by atoms with Crippen LogP contribution in [0.3, 0.4) is 0 Å². The molecule has 70 valence electrons. The summed E-state index contributed by atoms with van der Waals surface area (Å²) in [5.41, 5.74) is 6.82. The minimum Gasteiger partial charge on any atom is -0.395 e. The summed E-state index contributed by atoms with van der Waals surface area (Å²) in [6, 6.07) is 0.0399. The molecule has 3 aliphatic carbocycles. The highest BCUT2D eigenvalue weighted by atomic mass is 16.3. The van der Waals surface area contributed by atoms with Gasteiger partial charge in [-0.15, -0.1) is 0 Å². The zero-order valence-corrected chi connectivity index (χ0v) is 8.01. The second-order valence-electron chi connectivity index (χ2n) is 5.20. The smallest absolute Gasteiger partial charge is 0.0587 e. The van der Waals surface area contributed by atoms with E-state index in [1.54, 1.807) is 0 Å². The number of aliphatic hydroxyl groups excluding tert-OH is 1. The van der Waals surface area contributed by atoms with Gasteiger partial charge >= 0.3 is 0 Å². The van der Waals surface area contributed by atoms with E-state index in [0.717, 1.165) is 5.92 Å². The van der Waals surface area contributed by atoms with Crippen molar-refractivity contribution >= 4 is 0 Å². The van der Waals surface area contributed by atoms with E-state index in [1.165, 1.54) is 19.3 Å². The maximum absolute atomic E-state index is 8.96. The first-order valence-corrected chi connectivity index (χ1v) is 4.91. The second kappa shape index (κ2) is 2.24. The summed E-state index contributed by atoms with van der Waals surface area (Å²) in [6.07, 6.45) is 3.79. The Morgan fingerprint density at radius 2 is 1.75 bits per heavy atom. The molecule has 2 bridgehead atoms. The third-order valence-corrected chi connectivity index (χ3v) is 4.32. The maximum atomic E-state index is 8.96.